The maximum Gasteiger partial charge on any atom is 0.222 e. The number of amides is 1. The smallest absolute Gasteiger partial charge is 0.222 e. The number of nitrogens with zero attached hydrogens (tertiary/aromatic N) is 1. The number of carbonyl (C=O) groups excluding carboxylic acids is 1. The van der Waals surface area contributed by atoms with Gasteiger partial charge in [-0.15, -0.1) is 0 Å². The van der Waals surface area contributed by atoms with Crippen LogP contribution in [-0.4, -0.2) is 38.0 Å². The van der Waals surface area contributed by atoms with Crippen molar-refractivity contribution in [3.63, 3.8) is 0 Å². The van der Waals surface area contributed by atoms with Crippen molar-refractivity contribution in [3.05, 3.63) is 0 Å². The Bertz CT molecular complexity index is 200. The van der Waals surface area contributed by atoms with Gasteiger partial charge in [-0.3, -0.25) is 4.79 Å². The molecule has 0 aromatic rings. The molecule has 1 fully saturated rings. The Balaban J connectivity index is 2.07. The van der Waals surface area contributed by atoms with Gasteiger partial charge in [0, 0.05) is 20.0 Å². The summed E-state index contributed by atoms with van der Waals surface area (Å²) in [6, 6.07) is 0. The molecule has 0 atom stereocenters. The van der Waals surface area contributed by atoms with E-state index in [1.54, 1.807) is 0 Å². The third kappa shape index (κ3) is 4.97. The highest BCUT2D eigenvalue weighted by Crippen LogP contribution is 2.27. The monoisotopic (exact) mass is 226 g/mol. The molecule has 1 N–H and O–H groups in total. The Morgan fingerprint density at radius 2 is 2.06 bits per heavy atom. The number of nitrogens with one attached hydrogen (secondary N) is 1. The van der Waals surface area contributed by atoms with E-state index in [2.05, 4.69) is 5.32 Å². The van der Waals surface area contributed by atoms with Gasteiger partial charge in [-0.25, -0.2) is 0 Å². The fraction of sp³-hybridized carbons (Fsp3) is 0.923. The van der Waals surface area contributed by atoms with Gasteiger partial charge >= 0.3 is 0 Å². The van der Waals surface area contributed by atoms with Crippen molar-refractivity contribution in [2.24, 2.45) is 5.92 Å². The second kappa shape index (κ2) is 7.66. The number of hydrogen-bond acceptors (Lipinski definition) is 2. The molecule has 16 heavy (non-hydrogen) atoms. The van der Waals surface area contributed by atoms with Gasteiger partial charge in [0.25, 0.3) is 0 Å². The minimum Gasteiger partial charge on any atom is -0.346 e. The van der Waals surface area contributed by atoms with Gasteiger partial charge in [0.15, 0.2) is 0 Å². The van der Waals surface area contributed by atoms with Gasteiger partial charge in [0.05, 0.1) is 0 Å². The Hall–Kier alpha value is -0.570. The van der Waals surface area contributed by atoms with Crippen molar-refractivity contribution < 1.29 is 4.79 Å². The van der Waals surface area contributed by atoms with E-state index in [0.717, 1.165) is 25.4 Å². The van der Waals surface area contributed by atoms with Crippen LogP contribution in [0.2, 0.25) is 0 Å². The summed E-state index contributed by atoms with van der Waals surface area (Å²) in [6.45, 7) is 1.88. The molecule has 0 heterocycles. The van der Waals surface area contributed by atoms with Crippen molar-refractivity contribution in [2.45, 2.75) is 44.9 Å². The van der Waals surface area contributed by atoms with Crippen LogP contribution in [0.3, 0.4) is 0 Å². The predicted molar refractivity (Wildman–Crippen MR) is 67.4 cm³/mol. The SMILES string of the molecule is CNCCCC(=O)N(C)CCC1CCCC1. The first-order valence-corrected chi connectivity index (χ1v) is 6.62. The summed E-state index contributed by atoms with van der Waals surface area (Å²) in [5, 5.41) is 3.07. The van der Waals surface area contributed by atoms with E-state index in [0.29, 0.717) is 12.3 Å². The van der Waals surface area contributed by atoms with Crippen molar-refractivity contribution in [1.82, 2.24) is 10.2 Å². The quantitative estimate of drug-likeness (QED) is 0.674. The lowest BCUT2D eigenvalue weighted by Crippen LogP contribution is -2.29. The van der Waals surface area contributed by atoms with Gasteiger partial charge in [-0.2, -0.15) is 0 Å². The van der Waals surface area contributed by atoms with Crippen LogP contribution in [0.4, 0.5) is 0 Å². The van der Waals surface area contributed by atoms with E-state index < -0.39 is 0 Å². The molecule has 1 saturated carbocycles. The molecule has 3 nitrogen and oxygen atoms in total. The number of rotatable bonds is 7. The van der Waals surface area contributed by atoms with Crippen LogP contribution in [0.25, 0.3) is 0 Å². The van der Waals surface area contributed by atoms with Crippen LogP contribution in [0.15, 0.2) is 0 Å². The van der Waals surface area contributed by atoms with Gasteiger partial charge in [-0.1, -0.05) is 25.7 Å². The fourth-order valence-electron chi connectivity index (χ4n) is 2.41. The Morgan fingerprint density at radius 3 is 2.69 bits per heavy atom. The van der Waals surface area contributed by atoms with Gasteiger partial charge in [0.2, 0.25) is 5.91 Å². The second-order valence-corrected chi connectivity index (χ2v) is 4.96. The van der Waals surface area contributed by atoms with E-state index in [-0.39, 0.29) is 0 Å². The third-order valence-corrected chi connectivity index (χ3v) is 3.59. The molecule has 0 aliphatic heterocycles. The molecule has 1 rings (SSSR count). The predicted octanol–water partition coefficient (Wildman–Crippen LogP) is 2.02. The topological polar surface area (TPSA) is 32.3 Å². The highest BCUT2D eigenvalue weighted by Gasteiger charge is 2.16. The average molecular weight is 226 g/mol. The van der Waals surface area contributed by atoms with Crippen molar-refractivity contribution in [1.29, 1.82) is 0 Å². The molecule has 0 spiro atoms. The molecular weight excluding hydrogens is 200 g/mol. The standard InChI is InChI=1S/C13H26N2O/c1-14-10-5-8-13(16)15(2)11-9-12-6-3-4-7-12/h12,14H,3-11H2,1-2H3. The van der Waals surface area contributed by atoms with Crippen LogP contribution in [0.5, 0.6) is 0 Å². The van der Waals surface area contributed by atoms with E-state index in [1.807, 2.05) is 19.0 Å². The Morgan fingerprint density at radius 1 is 1.38 bits per heavy atom. The maximum absolute atomic E-state index is 11.7. The van der Waals surface area contributed by atoms with Gasteiger partial charge in [-0.05, 0) is 32.4 Å². The van der Waals surface area contributed by atoms with Crippen molar-refractivity contribution in [2.75, 3.05) is 27.2 Å². The average Bonchev–Trinajstić information content (AvgIpc) is 2.79. The zero-order valence-corrected chi connectivity index (χ0v) is 10.8. The van der Waals surface area contributed by atoms with Crippen LogP contribution in [0.1, 0.15) is 44.9 Å². The largest absolute Gasteiger partial charge is 0.346 e. The lowest BCUT2D eigenvalue weighted by atomic mass is 10.0. The van der Waals surface area contributed by atoms with Crippen molar-refractivity contribution in [3.8, 4) is 0 Å². The molecule has 0 bridgehead atoms. The molecule has 3 heteroatoms. The molecule has 0 radical (unpaired) electrons. The molecular formula is C13H26N2O. The normalized spacial score (nSPS) is 16.6. The molecule has 1 aliphatic rings. The summed E-state index contributed by atoms with van der Waals surface area (Å²) in [5.74, 6) is 1.18. The molecule has 0 aromatic carbocycles. The minimum absolute atomic E-state index is 0.299. The molecule has 94 valence electrons. The zero-order valence-electron chi connectivity index (χ0n) is 10.8. The first-order valence-electron chi connectivity index (χ1n) is 6.62. The first kappa shape index (κ1) is 13.5. The molecule has 1 amide bonds. The lowest BCUT2D eigenvalue weighted by Gasteiger charge is -2.19. The highest BCUT2D eigenvalue weighted by atomic mass is 16.2. The number of carbonyl (C=O) groups is 1. The van der Waals surface area contributed by atoms with Gasteiger partial charge < -0.3 is 10.2 Å². The van der Waals surface area contributed by atoms with E-state index in [9.17, 15) is 4.79 Å². The summed E-state index contributed by atoms with van der Waals surface area (Å²) >= 11 is 0. The third-order valence-electron chi connectivity index (χ3n) is 3.59. The second-order valence-electron chi connectivity index (χ2n) is 4.96. The minimum atomic E-state index is 0.299. The van der Waals surface area contributed by atoms with E-state index in [4.69, 9.17) is 0 Å². The van der Waals surface area contributed by atoms with Crippen molar-refractivity contribution >= 4 is 5.91 Å². The first-order chi connectivity index (χ1) is 7.74. The molecule has 0 unspecified atom stereocenters. The van der Waals surface area contributed by atoms with Crippen LogP contribution in [0, 0.1) is 5.92 Å². The number of hydrogen-bond donors (Lipinski definition) is 1. The highest BCUT2D eigenvalue weighted by molar-refractivity contribution is 5.75. The molecule has 1 aliphatic carbocycles. The zero-order chi connectivity index (χ0) is 11.8. The van der Waals surface area contributed by atoms with Crippen LogP contribution in [-0.2, 0) is 4.79 Å². The maximum atomic E-state index is 11.7. The fourth-order valence-corrected chi connectivity index (χ4v) is 2.41. The van der Waals surface area contributed by atoms with Gasteiger partial charge in [0.1, 0.15) is 0 Å². The van der Waals surface area contributed by atoms with Crippen LogP contribution < -0.4 is 5.32 Å². The molecule has 0 aromatic heterocycles. The summed E-state index contributed by atoms with van der Waals surface area (Å²) in [7, 11) is 3.87. The van der Waals surface area contributed by atoms with E-state index in [1.165, 1.54) is 32.1 Å². The molecule has 0 saturated heterocycles. The summed E-state index contributed by atoms with van der Waals surface area (Å²) in [5.41, 5.74) is 0. The Kier molecular flexibility index (Phi) is 6.46. The Labute approximate surface area is 99.6 Å². The summed E-state index contributed by atoms with van der Waals surface area (Å²) in [4.78, 5) is 13.6. The summed E-state index contributed by atoms with van der Waals surface area (Å²) in [6.07, 6.45) is 8.37. The summed E-state index contributed by atoms with van der Waals surface area (Å²) < 4.78 is 0. The van der Waals surface area contributed by atoms with Crippen LogP contribution >= 0.6 is 0 Å². The van der Waals surface area contributed by atoms with E-state index >= 15 is 0 Å². The lowest BCUT2D eigenvalue weighted by molar-refractivity contribution is -0.130.